The highest BCUT2D eigenvalue weighted by Gasteiger charge is 2.27. The van der Waals surface area contributed by atoms with Gasteiger partial charge in [-0.25, -0.2) is 0 Å². The quantitative estimate of drug-likeness (QED) is 0.391. The van der Waals surface area contributed by atoms with Crippen molar-refractivity contribution in [3.63, 3.8) is 0 Å². The predicted molar refractivity (Wildman–Crippen MR) is 33.6 cm³/mol. The predicted octanol–water partition coefficient (Wildman–Crippen LogP) is -0.431. The molecule has 0 unspecified atom stereocenters. The second-order valence-electron chi connectivity index (χ2n) is 2.83. The first-order chi connectivity index (χ1) is 4.10. The Bertz CT molecular complexity index is 93.2. The molecule has 3 nitrogen and oxygen atoms in total. The highest BCUT2D eigenvalue weighted by atomic mass is 16.3. The Balaban J connectivity index is 2.35. The molecule has 0 heterocycles. The van der Waals surface area contributed by atoms with Gasteiger partial charge in [0.1, 0.15) is 5.72 Å². The lowest BCUT2D eigenvalue weighted by Crippen LogP contribution is -2.43. The normalized spacial score (nSPS) is 45.0. The van der Waals surface area contributed by atoms with Gasteiger partial charge in [-0.15, -0.1) is 0 Å². The molecule has 54 valence electrons. The Hall–Kier alpha value is -0.120. The van der Waals surface area contributed by atoms with Crippen LogP contribution in [0.15, 0.2) is 0 Å². The van der Waals surface area contributed by atoms with E-state index in [1.54, 1.807) is 0 Å². The zero-order chi connectivity index (χ0) is 6.91. The van der Waals surface area contributed by atoms with Crippen molar-refractivity contribution in [2.24, 2.45) is 5.73 Å². The van der Waals surface area contributed by atoms with E-state index in [9.17, 15) is 0 Å². The molecule has 0 saturated heterocycles. The zero-order valence-electron chi connectivity index (χ0n) is 5.38. The van der Waals surface area contributed by atoms with E-state index in [0.717, 1.165) is 0 Å². The SMILES string of the molecule is NC1(O)CCC(O)CC1. The summed E-state index contributed by atoms with van der Waals surface area (Å²) in [6, 6.07) is 0. The van der Waals surface area contributed by atoms with Gasteiger partial charge in [0.15, 0.2) is 0 Å². The molecular formula is C6H13NO2. The average Bonchev–Trinajstić information content (AvgIpc) is 1.78. The summed E-state index contributed by atoms with van der Waals surface area (Å²) in [6.07, 6.45) is 2.07. The van der Waals surface area contributed by atoms with Crippen LogP contribution >= 0.6 is 0 Å². The molecule has 9 heavy (non-hydrogen) atoms. The Morgan fingerprint density at radius 1 is 1.33 bits per heavy atom. The van der Waals surface area contributed by atoms with Crippen LogP contribution in [-0.2, 0) is 0 Å². The summed E-state index contributed by atoms with van der Waals surface area (Å²) in [7, 11) is 0. The van der Waals surface area contributed by atoms with Crippen molar-refractivity contribution in [1.29, 1.82) is 0 Å². The van der Waals surface area contributed by atoms with Gasteiger partial charge >= 0.3 is 0 Å². The van der Waals surface area contributed by atoms with Crippen LogP contribution in [0.1, 0.15) is 25.7 Å². The standard InChI is InChI=1S/C6H13NO2/c7-6(9)3-1-5(8)2-4-6/h5,8-9H,1-4,7H2. The molecule has 0 atom stereocenters. The lowest BCUT2D eigenvalue weighted by Gasteiger charge is -2.30. The minimum atomic E-state index is -1.00. The maximum Gasteiger partial charge on any atom is 0.113 e. The molecule has 3 heteroatoms. The van der Waals surface area contributed by atoms with Gasteiger partial charge in [0.05, 0.1) is 6.10 Å². The fraction of sp³-hybridized carbons (Fsp3) is 1.00. The number of aliphatic hydroxyl groups is 2. The number of aliphatic hydroxyl groups excluding tert-OH is 1. The van der Waals surface area contributed by atoms with E-state index in [0.29, 0.717) is 25.7 Å². The zero-order valence-corrected chi connectivity index (χ0v) is 5.38. The van der Waals surface area contributed by atoms with Crippen molar-refractivity contribution >= 4 is 0 Å². The van der Waals surface area contributed by atoms with Gasteiger partial charge in [-0.1, -0.05) is 0 Å². The van der Waals surface area contributed by atoms with Gasteiger partial charge in [0.2, 0.25) is 0 Å². The molecule has 1 fully saturated rings. The van der Waals surface area contributed by atoms with Gasteiger partial charge in [-0.3, -0.25) is 0 Å². The van der Waals surface area contributed by atoms with Gasteiger partial charge in [0, 0.05) is 0 Å². The van der Waals surface area contributed by atoms with Crippen LogP contribution in [0.2, 0.25) is 0 Å². The minimum absolute atomic E-state index is 0.242. The summed E-state index contributed by atoms with van der Waals surface area (Å²) in [5.74, 6) is 0. The van der Waals surface area contributed by atoms with Crippen molar-refractivity contribution in [1.82, 2.24) is 0 Å². The smallest absolute Gasteiger partial charge is 0.113 e. The number of hydrogen-bond donors (Lipinski definition) is 3. The van der Waals surface area contributed by atoms with E-state index < -0.39 is 5.72 Å². The van der Waals surface area contributed by atoms with Crippen molar-refractivity contribution in [2.45, 2.75) is 37.5 Å². The van der Waals surface area contributed by atoms with Crippen molar-refractivity contribution in [3.8, 4) is 0 Å². The maximum absolute atomic E-state index is 9.16. The molecule has 0 aromatic rings. The fourth-order valence-corrected chi connectivity index (χ4v) is 1.10. The van der Waals surface area contributed by atoms with Crippen LogP contribution in [0.3, 0.4) is 0 Å². The third-order valence-electron chi connectivity index (χ3n) is 1.82. The Kier molecular flexibility index (Phi) is 1.75. The average molecular weight is 131 g/mol. The number of rotatable bonds is 0. The van der Waals surface area contributed by atoms with Crippen LogP contribution in [0.4, 0.5) is 0 Å². The lowest BCUT2D eigenvalue weighted by molar-refractivity contribution is -0.0268. The molecule has 1 aliphatic rings. The summed E-state index contributed by atoms with van der Waals surface area (Å²) in [5.41, 5.74) is 4.38. The van der Waals surface area contributed by atoms with E-state index in [4.69, 9.17) is 15.9 Å². The third kappa shape index (κ3) is 1.93. The van der Waals surface area contributed by atoms with Crippen LogP contribution in [0.5, 0.6) is 0 Å². The summed E-state index contributed by atoms with van der Waals surface area (Å²) in [6.45, 7) is 0. The first-order valence-corrected chi connectivity index (χ1v) is 3.29. The topological polar surface area (TPSA) is 66.5 Å². The molecule has 0 aromatic heterocycles. The highest BCUT2D eigenvalue weighted by Crippen LogP contribution is 2.23. The van der Waals surface area contributed by atoms with Crippen LogP contribution in [-0.4, -0.2) is 22.0 Å². The lowest BCUT2D eigenvalue weighted by atomic mass is 9.91. The first-order valence-electron chi connectivity index (χ1n) is 3.29. The first kappa shape index (κ1) is 6.99. The molecule has 0 amide bonds. The van der Waals surface area contributed by atoms with E-state index in [-0.39, 0.29) is 6.10 Å². The van der Waals surface area contributed by atoms with E-state index in [1.807, 2.05) is 0 Å². The molecule has 4 N–H and O–H groups in total. The van der Waals surface area contributed by atoms with Crippen LogP contribution in [0.25, 0.3) is 0 Å². The van der Waals surface area contributed by atoms with Crippen LogP contribution < -0.4 is 5.73 Å². The summed E-state index contributed by atoms with van der Waals surface area (Å²) in [4.78, 5) is 0. The van der Waals surface area contributed by atoms with E-state index in [1.165, 1.54) is 0 Å². The van der Waals surface area contributed by atoms with Crippen molar-refractivity contribution in [3.05, 3.63) is 0 Å². The van der Waals surface area contributed by atoms with Crippen LogP contribution in [0, 0.1) is 0 Å². The van der Waals surface area contributed by atoms with Crippen molar-refractivity contribution in [2.75, 3.05) is 0 Å². The maximum atomic E-state index is 9.16. The highest BCUT2D eigenvalue weighted by molar-refractivity contribution is 4.79. The minimum Gasteiger partial charge on any atom is -0.393 e. The van der Waals surface area contributed by atoms with Crippen molar-refractivity contribution < 1.29 is 10.2 Å². The molecule has 1 rings (SSSR count). The van der Waals surface area contributed by atoms with Gasteiger partial charge in [-0.2, -0.15) is 0 Å². The number of hydrogen-bond acceptors (Lipinski definition) is 3. The van der Waals surface area contributed by atoms with Gasteiger partial charge < -0.3 is 15.9 Å². The second kappa shape index (κ2) is 2.25. The molecule has 1 saturated carbocycles. The fourth-order valence-electron chi connectivity index (χ4n) is 1.10. The summed E-state index contributed by atoms with van der Waals surface area (Å²) in [5, 5.41) is 18.1. The van der Waals surface area contributed by atoms with Gasteiger partial charge in [-0.05, 0) is 25.7 Å². The molecular weight excluding hydrogens is 118 g/mol. The second-order valence-corrected chi connectivity index (χ2v) is 2.83. The molecule has 0 aliphatic heterocycles. The molecule has 1 aliphatic carbocycles. The summed E-state index contributed by atoms with van der Waals surface area (Å²) >= 11 is 0. The largest absolute Gasteiger partial charge is 0.393 e. The third-order valence-corrected chi connectivity index (χ3v) is 1.82. The molecule has 0 radical (unpaired) electrons. The molecule has 0 aromatic carbocycles. The Morgan fingerprint density at radius 2 is 1.78 bits per heavy atom. The summed E-state index contributed by atoms with van der Waals surface area (Å²) < 4.78 is 0. The van der Waals surface area contributed by atoms with E-state index in [2.05, 4.69) is 0 Å². The Morgan fingerprint density at radius 3 is 2.11 bits per heavy atom. The van der Waals surface area contributed by atoms with E-state index >= 15 is 0 Å². The molecule has 0 spiro atoms. The van der Waals surface area contributed by atoms with Gasteiger partial charge in [0.25, 0.3) is 0 Å². The molecule has 0 bridgehead atoms. The Labute approximate surface area is 54.5 Å². The number of nitrogens with two attached hydrogens (primary N) is 1. The monoisotopic (exact) mass is 131 g/mol.